The summed E-state index contributed by atoms with van der Waals surface area (Å²) in [6.45, 7) is 10.5. The molecule has 4 heterocycles. The highest BCUT2D eigenvalue weighted by molar-refractivity contribution is 6.05. The highest BCUT2D eigenvalue weighted by atomic mass is 14.8. The van der Waals surface area contributed by atoms with E-state index in [1.807, 2.05) is 13.8 Å². The van der Waals surface area contributed by atoms with Gasteiger partial charge >= 0.3 is 0 Å². The van der Waals surface area contributed by atoms with Gasteiger partial charge in [0.15, 0.2) is 0 Å². The van der Waals surface area contributed by atoms with Crippen LogP contribution in [0.5, 0.6) is 0 Å². The standard InChI is InChI=1S/C35H28N4/c1-19-16-22(4)36-34-28(19)12-6-24-9-14-30(38-32(24)34)26-8-11-27(21(3)18-26)31-15-10-25-7-13-29-20(2)17-23(5)37-35(29)33(25)39-31/h6-18H,1-5H3. The molecule has 0 spiro atoms. The number of hydrogen-bond acceptors (Lipinski definition) is 4. The lowest BCUT2D eigenvalue weighted by Crippen LogP contribution is -1.94. The van der Waals surface area contributed by atoms with E-state index in [1.54, 1.807) is 0 Å². The molecule has 4 aromatic heterocycles. The lowest BCUT2D eigenvalue weighted by atomic mass is 9.98. The molecule has 0 atom stereocenters. The fourth-order valence-electron chi connectivity index (χ4n) is 5.83. The quantitative estimate of drug-likeness (QED) is 0.221. The topological polar surface area (TPSA) is 51.6 Å². The minimum atomic E-state index is 0.943. The maximum Gasteiger partial charge on any atom is 0.0972 e. The molecule has 0 unspecified atom stereocenters. The smallest absolute Gasteiger partial charge is 0.0972 e. The van der Waals surface area contributed by atoms with Gasteiger partial charge in [-0.1, -0.05) is 48.5 Å². The average Bonchev–Trinajstić information content (AvgIpc) is 2.92. The number of pyridine rings is 4. The zero-order valence-corrected chi connectivity index (χ0v) is 22.8. The average molecular weight is 505 g/mol. The summed E-state index contributed by atoms with van der Waals surface area (Å²) in [4.78, 5) is 19.9. The van der Waals surface area contributed by atoms with E-state index in [1.165, 1.54) is 11.1 Å². The van der Waals surface area contributed by atoms with Crippen molar-refractivity contribution in [3.63, 3.8) is 0 Å². The fraction of sp³-hybridized carbons (Fsp3) is 0.143. The molecule has 7 aromatic rings. The molecule has 0 aliphatic carbocycles. The van der Waals surface area contributed by atoms with Crippen molar-refractivity contribution in [2.24, 2.45) is 0 Å². The van der Waals surface area contributed by atoms with E-state index in [2.05, 4.69) is 99.6 Å². The van der Waals surface area contributed by atoms with E-state index in [-0.39, 0.29) is 0 Å². The number of rotatable bonds is 2. The first-order valence-corrected chi connectivity index (χ1v) is 13.3. The van der Waals surface area contributed by atoms with Crippen LogP contribution in [0.3, 0.4) is 0 Å². The molecule has 0 bridgehead atoms. The first kappa shape index (κ1) is 23.4. The predicted octanol–water partition coefficient (Wildman–Crippen LogP) is 8.76. The van der Waals surface area contributed by atoms with Crippen LogP contribution in [0, 0.1) is 34.6 Å². The van der Waals surface area contributed by atoms with Crippen molar-refractivity contribution in [3.8, 4) is 22.5 Å². The molecule has 188 valence electrons. The molecule has 0 aliphatic rings. The third-order valence-electron chi connectivity index (χ3n) is 7.75. The molecule has 0 saturated carbocycles. The van der Waals surface area contributed by atoms with Crippen molar-refractivity contribution in [2.75, 3.05) is 0 Å². The Balaban J connectivity index is 1.35. The van der Waals surface area contributed by atoms with Crippen LogP contribution in [-0.2, 0) is 0 Å². The van der Waals surface area contributed by atoms with Gasteiger partial charge in [-0.05, 0) is 81.6 Å². The Hall–Kier alpha value is -4.70. The maximum absolute atomic E-state index is 5.12. The van der Waals surface area contributed by atoms with E-state index < -0.39 is 0 Å². The zero-order valence-electron chi connectivity index (χ0n) is 22.8. The van der Waals surface area contributed by atoms with E-state index in [0.29, 0.717) is 0 Å². The maximum atomic E-state index is 5.12. The molecule has 0 radical (unpaired) electrons. The number of nitrogens with zero attached hydrogens (tertiary/aromatic N) is 4. The van der Waals surface area contributed by atoms with Gasteiger partial charge in [-0.2, -0.15) is 0 Å². The summed E-state index contributed by atoms with van der Waals surface area (Å²) in [7, 11) is 0. The van der Waals surface area contributed by atoms with Crippen molar-refractivity contribution in [1.29, 1.82) is 0 Å². The molecule has 0 amide bonds. The Morgan fingerprint density at radius 1 is 0.410 bits per heavy atom. The Morgan fingerprint density at radius 3 is 1.49 bits per heavy atom. The number of hydrogen-bond donors (Lipinski definition) is 0. The molecule has 0 fully saturated rings. The van der Waals surface area contributed by atoms with Gasteiger partial charge in [0, 0.05) is 44.1 Å². The van der Waals surface area contributed by atoms with E-state index in [9.17, 15) is 0 Å². The van der Waals surface area contributed by atoms with Crippen molar-refractivity contribution in [1.82, 2.24) is 19.9 Å². The second-order valence-corrected chi connectivity index (χ2v) is 10.7. The molecule has 3 aromatic carbocycles. The monoisotopic (exact) mass is 504 g/mol. The van der Waals surface area contributed by atoms with Gasteiger partial charge in [0.1, 0.15) is 0 Å². The first-order valence-electron chi connectivity index (χ1n) is 13.3. The second kappa shape index (κ2) is 8.67. The van der Waals surface area contributed by atoms with Crippen LogP contribution in [0.4, 0.5) is 0 Å². The van der Waals surface area contributed by atoms with Gasteiger partial charge in [0.2, 0.25) is 0 Å². The Kier molecular flexibility index (Phi) is 5.21. The number of benzene rings is 3. The predicted molar refractivity (Wildman–Crippen MR) is 162 cm³/mol. The number of fused-ring (bicyclic) bond motifs is 6. The molecule has 4 heteroatoms. The summed E-state index contributed by atoms with van der Waals surface area (Å²) in [5.74, 6) is 0. The van der Waals surface area contributed by atoms with Crippen molar-refractivity contribution in [3.05, 3.63) is 107 Å². The van der Waals surface area contributed by atoms with E-state index in [4.69, 9.17) is 19.9 Å². The molecular formula is C35H28N4. The van der Waals surface area contributed by atoms with Crippen LogP contribution in [-0.4, -0.2) is 19.9 Å². The van der Waals surface area contributed by atoms with Gasteiger partial charge < -0.3 is 0 Å². The van der Waals surface area contributed by atoms with Crippen molar-refractivity contribution < 1.29 is 0 Å². The van der Waals surface area contributed by atoms with Gasteiger partial charge in [-0.25, -0.2) is 9.97 Å². The Morgan fingerprint density at radius 2 is 0.923 bits per heavy atom. The van der Waals surface area contributed by atoms with Gasteiger partial charge in [-0.15, -0.1) is 0 Å². The van der Waals surface area contributed by atoms with Gasteiger partial charge in [-0.3, -0.25) is 9.97 Å². The molecule has 0 N–H and O–H groups in total. The molecular weight excluding hydrogens is 476 g/mol. The molecule has 4 nitrogen and oxygen atoms in total. The molecule has 39 heavy (non-hydrogen) atoms. The summed E-state index contributed by atoms with van der Waals surface area (Å²) >= 11 is 0. The normalized spacial score (nSPS) is 11.7. The van der Waals surface area contributed by atoms with Crippen molar-refractivity contribution >= 4 is 43.6 Å². The summed E-state index contributed by atoms with van der Waals surface area (Å²) < 4.78 is 0. The highest BCUT2D eigenvalue weighted by Gasteiger charge is 2.13. The van der Waals surface area contributed by atoms with Gasteiger partial charge in [0.25, 0.3) is 0 Å². The molecule has 0 saturated heterocycles. The number of aryl methyl sites for hydroxylation is 5. The molecule has 0 aliphatic heterocycles. The van der Waals surface area contributed by atoms with E-state index >= 15 is 0 Å². The fourth-order valence-corrected chi connectivity index (χ4v) is 5.83. The Bertz CT molecular complexity index is 2130. The van der Waals surface area contributed by atoms with Crippen LogP contribution in [0.15, 0.2) is 78.9 Å². The zero-order chi connectivity index (χ0) is 26.8. The lowest BCUT2D eigenvalue weighted by molar-refractivity contribution is 1.23. The number of aromatic nitrogens is 4. The SMILES string of the molecule is Cc1cc(C)c2ccc3ccc(-c4ccc(-c5ccc6ccc7c(C)cc(C)nc7c6n5)c(C)c4)nc3c2n1. The van der Waals surface area contributed by atoms with Crippen molar-refractivity contribution in [2.45, 2.75) is 34.6 Å². The summed E-state index contributed by atoms with van der Waals surface area (Å²) in [6.07, 6.45) is 0. The van der Waals surface area contributed by atoms with Crippen LogP contribution < -0.4 is 0 Å². The van der Waals surface area contributed by atoms with Crippen LogP contribution in [0.1, 0.15) is 28.1 Å². The second-order valence-electron chi connectivity index (χ2n) is 10.7. The third-order valence-corrected chi connectivity index (χ3v) is 7.75. The summed E-state index contributed by atoms with van der Waals surface area (Å²) in [6, 6.07) is 27.9. The lowest BCUT2D eigenvalue weighted by Gasteiger charge is -2.12. The van der Waals surface area contributed by atoms with E-state index in [0.717, 1.165) is 83.1 Å². The Labute approximate surface area is 227 Å². The van der Waals surface area contributed by atoms with Gasteiger partial charge in [0.05, 0.1) is 33.5 Å². The summed E-state index contributed by atoms with van der Waals surface area (Å²) in [5, 5.41) is 4.51. The molecule has 7 rings (SSSR count). The highest BCUT2D eigenvalue weighted by Crippen LogP contribution is 2.32. The third kappa shape index (κ3) is 3.83. The van der Waals surface area contributed by atoms with Crippen LogP contribution >= 0.6 is 0 Å². The van der Waals surface area contributed by atoms with Crippen LogP contribution in [0.2, 0.25) is 0 Å². The first-order chi connectivity index (χ1) is 18.9. The van der Waals surface area contributed by atoms with Crippen LogP contribution in [0.25, 0.3) is 66.1 Å². The minimum Gasteiger partial charge on any atom is -0.251 e. The largest absolute Gasteiger partial charge is 0.251 e. The summed E-state index contributed by atoms with van der Waals surface area (Å²) in [5.41, 5.74) is 13.5. The minimum absolute atomic E-state index is 0.943.